The molecule has 2 saturated heterocycles. The molecule has 184 valence electrons. The Labute approximate surface area is 204 Å². The fourth-order valence-corrected chi connectivity index (χ4v) is 5.86. The van der Waals surface area contributed by atoms with Crippen molar-refractivity contribution < 1.29 is 29.0 Å². The number of hydrogen-bond donors (Lipinski definition) is 2. The van der Waals surface area contributed by atoms with Crippen molar-refractivity contribution >= 4 is 18.0 Å². The maximum Gasteiger partial charge on any atom is 0.407 e. The summed E-state index contributed by atoms with van der Waals surface area (Å²) >= 11 is 0. The van der Waals surface area contributed by atoms with Gasteiger partial charge in [0.05, 0.1) is 18.4 Å². The zero-order chi connectivity index (χ0) is 24.5. The number of rotatable bonds is 9. The number of benzene rings is 2. The lowest BCUT2D eigenvalue weighted by molar-refractivity contribution is -0.148. The van der Waals surface area contributed by atoms with Gasteiger partial charge in [-0.05, 0) is 41.5 Å². The quantitative estimate of drug-likeness (QED) is 0.573. The third kappa shape index (κ3) is 4.38. The summed E-state index contributed by atoms with van der Waals surface area (Å²) < 4.78 is 11.3. The van der Waals surface area contributed by atoms with E-state index in [1.807, 2.05) is 31.2 Å². The highest BCUT2D eigenvalue weighted by atomic mass is 16.5. The number of carboxylic acids is 1. The smallest absolute Gasteiger partial charge is 0.407 e. The van der Waals surface area contributed by atoms with Crippen molar-refractivity contribution in [3.05, 3.63) is 59.7 Å². The number of aliphatic carboxylic acids is 1. The number of carbonyl (C=O) groups excluding carboxylic acids is 2. The molecule has 8 nitrogen and oxygen atoms in total. The molecule has 2 heterocycles. The van der Waals surface area contributed by atoms with Gasteiger partial charge in [0.25, 0.3) is 0 Å². The Morgan fingerprint density at radius 3 is 2.34 bits per heavy atom. The first-order valence-corrected chi connectivity index (χ1v) is 12.2. The second-order valence-electron chi connectivity index (χ2n) is 9.46. The number of nitrogens with one attached hydrogen (secondary N) is 1. The number of carbonyl (C=O) groups is 3. The van der Waals surface area contributed by atoms with Crippen LogP contribution in [0.4, 0.5) is 4.79 Å². The van der Waals surface area contributed by atoms with Crippen LogP contribution in [-0.4, -0.2) is 66.4 Å². The molecule has 3 fully saturated rings. The van der Waals surface area contributed by atoms with Gasteiger partial charge in [0.2, 0.25) is 5.91 Å². The molecule has 35 heavy (non-hydrogen) atoms. The second kappa shape index (κ2) is 9.70. The summed E-state index contributed by atoms with van der Waals surface area (Å²) in [5.41, 5.74) is 4.61. The minimum Gasteiger partial charge on any atom is -0.481 e. The third-order valence-electron chi connectivity index (χ3n) is 7.53. The van der Waals surface area contributed by atoms with Gasteiger partial charge in [0.1, 0.15) is 6.61 Å². The van der Waals surface area contributed by atoms with E-state index in [0.717, 1.165) is 28.7 Å². The van der Waals surface area contributed by atoms with Crippen LogP contribution in [0.1, 0.15) is 36.8 Å². The Morgan fingerprint density at radius 1 is 1.09 bits per heavy atom. The summed E-state index contributed by atoms with van der Waals surface area (Å²) in [5.74, 6) is -1.40. The number of hydrogen-bond acceptors (Lipinski definition) is 5. The fraction of sp³-hybridized carbons (Fsp3) is 0.444. The zero-order valence-electron chi connectivity index (χ0n) is 19.7. The van der Waals surface area contributed by atoms with Crippen molar-refractivity contribution in [1.29, 1.82) is 0 Å². The van der Waals surface area contributed by atoms with E-state index >= 15 is 0 Å². The van der Waals surface area contributed by atoms with Crippen LogP contribution in [-0.2, 0) is 19.1 Å². The van der Waals surface area contributed by atoms with Gasteiger partial charge < -0.3 is 24.8 Å². The Morgan fingerprint density at radius 2 is 1.74 bits per heavy atom. The minimum absolute atomic E-state index is 0.0266. The van der Waals surface area contributed by atoms with Gasteiger partial charge >= 0.3 is 12.1 Å². The highest BCUT2D eigenvalue weighted by Crippen LogP contribution is 2.47. The van der Waals surface area contributed by atoms with Crippen molar-refractivity contribution in [3.8, 4) is 11.1 Å². The molecule has 0 spiro atoms. The number of amides is 2. The molecule has 4 aliphatic rings. The molecule has 8 heteroatoms. The second-order valence-corrected chi connectivity index (χ2v) is 9.46. The molecule has 6 rings (SSSR count). The lowest BCUT2D eigenvalue weighted by Crippen LogP contribution is -2.46. The molecule has 0 aromatic heterocycles. The molecule has 2 aromatic carbocycles. The van der Waals surface area contributed by atoms with E-state index in [1.165, 1.54) is 0 Å². The van der Waals surface area contributed by atoms with E-state index in [2.05, 4.69) is 29.6 Å². The topological polar surface area (TPSA) is 105 Å². The molecule has 1 saturated carbocycles. The molecule has 2 aromatic rings. The molecule has 2 amide bonds. The predicted octanol–water partition coefficient (Wildman–Crippen LogP) is 3.25. The molecule has 2 aliphatic heterocycles. The monoisotopic (exact) mass is 478 g/mol. The summed E-state index contributed by atoms with van der Waals surface area (Å²) in [7, 11) is 0. The number of carboxylic acid groups (broad SMARTS) is 1. The summed E-state index contributed by atoms with van der Waals surface area (Å²) in [4.78, 5) is 38.4. The molecule has 2 aliphatic carbocycles. The summed E-state index contributed by atoms with van der Waals surface area (Å²) in [5, 5.41) is 12.1. The van der Waals surface area contributed by atoms with E-state index in [-0.39, 0.29) is 43.4 Å². The van der Waals surface area contributed by atoms with E-state index < -0.39 is 24.1 Å². The minimum atomic E-state index is -0.833. The highest BCUT2D eigenvalue weighted by Gasteiger charge is 2.57. The highest BCUT2D eigenvalue weighted by molar-refractivity contribution is 5.82. The van der Waals surface area contributed by atoms with Gasteiger partial charge in [0, 0.05) is 31.7 Å². The first-order chi connectivity index (χ1) is 17.0. The van der Waals surface area contributed by atoms with Gasteiger partial charge in [-0.2, -0.15) is 0 Å². The Kier molecular flexibility index (Phi) is 6.47. The summed E-state index contributed by atoms with van der Waals surface area (Å²) in [6.07, 6.45) is -0.222. The first kappa shape index (κ1) is 23.4. The lowest BCUT2D eigenvalue weighted by Gasteiger charge is -2.33. The van der Waals surface area contributed by atoms with Gasteiger partial charge in [-0.3, -0.25) is 9.59 Å². The van der Waals surface area contributed by atoms with E-state index in [0.29, 0.717) is 13.2 Å². The van der Waals surface area contributed by atoms with Crippen LogP contribution < -0.4 is 5.32 Å². The molecular formula is C27H30N2O6. The summed E-state index contributed by atoms with van der Waals surface area (Å²) in [6, 6.07) is 16.1. The lowest BCUT2D eigenvalue weighted by atomic mass is 9.74. The van der Waals surface area contributed by atoms with Crippen LogP contribution >= 0.6 is 0 Å². The largest absolute Gasteiger partial charge is 0.481 e. The number of fused-ring (bicyclic) bond motifs is 4. The van der Waals surface area contributed by atoms with Crippen LogP contribution in [0.2, 0.25) is 0 Å². The van der Waals surface area contributed by atoms with E-state index in [1.54, 1.807) is 4.90 Å². The maximum absolute atomic E-state index is 12.8. The Bertz CT molecular complexity index is 1090. The molecule has 4 atom stereocenters. The van der Waals surface area contributed by atoms with Gasteiger partial charge in [-0.1, -0.05) is 48.5 Å². The van der Waals surface area contributed by atoms with Crippen molar-refractivity contribution in [2.24, 2.45) is 11.8 Å². The molecular weight excluding hydrogens is 448 g/mol. The van der Waals surface area contributed by atoms with Crippen LogP contribution in [0.25, 0.3) is 11.1 Å². The fourth-order valence-electron chi connectivity index (χ4n) is 5.86. The normalized spacial score (nSPS) is 22.7. The third-order valence-corrected chi connectivity index (χ3v) is 7.53. The molecule has 0 radical (unpaired) electrons. The maximum atomic E-state index is 12.8. The van der Waals surface area contributed by atoms with Crippen molar-refractivity contribution in [2.75, 3.05) is 26.3 Å². The average molecular weight is 479 g/mol. The van der Waals surface area contributed by atoms with Crippen molar-refractivity contribution in [3.63, 3.8) is 0 Å². The number of nitrogens with zero attached hydrogens (tertiary/aromatic N) is 1. The zero-order valence-corrected chi connectivity index (χ0v) is 19.7. The van der Waals surface area contributed by atoms with Gasteiger partial charge in [0.15, 0.2) is 0 Å². The van der Waals surface area contributed by atoms with E-state index in [9.17, 15) is 19.5 Å². The van der Waals surface area contributed by atoms with Crippen molar-refractivity contribution in [1.82, 2.24) is 10.2 Å². The first-order valence-electron chi connectivity index (χ1n) is 12.2. The molecule has 2 bridgehead atoms. The van der Waals surface area contributed by atoms with Crippen LogP contribution in [0, 0.1) is 11.8 Å². The van der Waals surface area contributed by atoms with Gasteiger partial charge in [-0.25, -0.2) is 4.79 Å². The van der Waals surface area contributed by atoms with Gasteiger partial charge in [-0.15, -0.1) is 0 Å². The van der Waals surface area contributed by atoms with Crippen LogP contribution in [0.5, 0.6) is 0 Å². The standard InChI is InChI=1S/C27H30N2O6/c1-2-34-17(12-24(30)29-14-16-11-23(29)25(16)26(31)32)13-28-27(33)35-15-22-20-9-5-3-7-18(20)19-8-4-6-10-21(19)22/h3-10,16-17,22-23,25H,2,11-15H2,1H3,(H,28,33)(H,31,32). The Hall–Kier alpha value is -3.39. The average Bonchev–Trinajstić information content (AvgIpc) is 3.52. The van der Waals surface area contributed by atoms with E-state index in [4.69, 9.17) is 9.47 Å². The van der Waals surface area contributed by atoms with Crippen LogP contribution in [0.15, 0.2) is 48.5 Å². The Balaban J connectivity index is 1.14. The molecule has 4 unspecified atom stereocenters. The van der Waals surface area contributed by atoms with Crippen molar-refractivity contribution in [2.45, 2.75) is 37.8 Å². The number of alkyl carbamates (subject to hydrolysis) is 1. The molecule has 2 N–H and O–H groups in total. The number of ether oxygens (including phenoxy) is 2. The summed E-state index contributed by atoms with van der Waals surface area (Å²) in [6.45, 7) is 3.07. The predicted molar refractivity (Wildman–Crippen MR) is 128 cm³/mol. The van der Waals surface area contributed by atoms with Crippen LogP contribution in [0.3, 0.4) is 0 Å². The SMILES string of the molecule is CCOC(CNC(=O)OCC1c2ccccc2-c2ccccc21)CC(=O)N1CC2CC1C2C(=O)O.